The highest BCUT2D eigenvalue weighted by atomic mass is 35.5. The lowest BCUT2D eigenvalue weighted by molar-refractivity contribution is 0.302. The summed E-state index contributed by atoms with van der Waals surface area (Å²) in [5.74, 6) is 0.443. The second-order valence-corrected chi connectivity index (χ2v) is 8.28. The fourth-order valence-corrected chi connectivity index (χ4v) is 4.21. The van der Waals surface area contributed by atoms with Gasteiger partial charge in [0.2, 0.25) is 5.88 Å². The first-order chi connectivity index (χ1) is 13.4. The Balaban J connectivity index is 1.84. The Hall–Kier alpha value is -2.35. The fraction of sp³-hybridized carbons (Fsp3) is 0.158. The average Bonchev–Trinajstić information content (AvgIpc) is 2.68. The number of sulfonamides is 1. The maximum atomic E-state index is 12.7. The van der Waals surface area contributed by atoms with E-state index in [1.807, 2.05) is 6.92 Å². The zero-order valence-electron chi connectivity index (χ0n) is 14.9. The maximum Gasteiger partial charge on any atom is 0.263 e. The molecule has 3 rings (SSSR count). The molecule has 1 N–H and O–H groups in total. The maximum absolute atomic E-state index is 12.7. The molecule has 0 amide bonds. The lowest BCUT2D eigenvalue weighted by Gasteiger charge is -2.11. The standard InChI is InChI=1S/C19H17Cl2N3O3S/c1-2-11-27-18-10-9-16(22-23-18)13-5-3-6-14(12-13)24-28(25,26)17-8-4-7-15(20)19(17)21/h3-10,12,24H,2,11H2,1H3. The van der Waals surface area contributed by atoms with Gasteiger partial charge in [0, 0.05) is 17.3 Å². The van der Waals surface area contributed by atoms with Gasteiger partial charge >= 0.3 is 0 Å². The number of benzene rings is 2. The third-order valence-corrected chi connectivity index (χ3v) is 6.07. The lowest BCUT2D eigenvalue weighted by Crippen LogP contribution is -2.13. The van der Waals surface area contributed by atoms with E-state index >= 15 is 0 Å². The van der Waals surface area contributed by atoms with E-state index < -0.39 is 10.0 Å². The molecule has 1 heterocycles. The van der Waals surface area contributed by atoms with Crippen molar-refractivity contribution in [3.05, 3.63) is 64.6 Å². The Morgan fingerprint density at radius 2 is 1.82 bits per heavy atom. The van der Waals surface area contributed by atoms with Crippen LogP contribution in [0.25, 0.3) is 11.3 Å². The first-order valence-electron chi connectivity index (χ1n) is 8.44. The van der Waals surface area contributed by atoms with Gasteiger partial charge in [0.05, 0.1) is 22.3 Å². The van der Waals surface area contributed by atoms with E-state index in [0.717, 1.165) is 6.42 Å². The number of halogens is 2. The van der Waals surface area contributed by atoms with Gasteiger partial charge in [0.15, 0.2) is 0 Å². The van der Waals surface area contributed by atoms with Gasteiger partial charge < -0.3 is 4.74 Å². The fourth-order valence-electron chi connectivity index (χ4n) is 2.40. The molecule has 2 aromatic carbocycles. The molecule has 0 unspecified atom stereocenters. The Bertz CT molecular complexity index is 1070. The number of nitrogens with one attached hydrogen (secondary N) is 1. The monoisotopic (exact) mass is 437 g/mol. The van der Waals surface area contributed by atoms with E-state index in [9.17, 15) is 8.42 Å². The largest absolute Gasteiger partial charge is 0.477 e. The van der Waals surface area contributed by atoms with Gasteiger partial charge in [-0.05, 0) is 36.8 Å². The number of hydrogen-bond acceptors (Lipinski definition) is 5. The number of aromatic nitrogens is 2. The van der Waals surface area contributed by atoms with Crippen molar-refractivity contribution in [1.29, 1.82) is 0 Å². The summed E-state index contributed by atoms with van der Waals surface area (Å²) in [6.45, 7) is 2.57. The van der Waals surface area contributed by atoms with Crippen molar-refractivity contribution in [3.63, 3.8) is 0 Å². The highest BCUT2D eigenvalue weighted by Gasteiger charge is 2.19. The molecule has 0 aliphatic carbocycles. The molecular formula is C19H17Cl2N3O3S. The highest BCUT2D eigenvalue weighted by molar-refractivity contribution is 7.92. The van der Waals surface area contributed by atoms with Gasteiger partial charge in [-0.1, -0.05) is 48.3 Å². The summed E-state index contributed by atoms with van der Waals surface area (Å²) in [5.41, 5.74) is 1.65. The van der Waals surface area contributed by atoms with E-state index in [2.05, 4.69) is 14.9 Å². The van der Waals surface area contributed by atoms with Gasteiger partial charge in [-0.3, -0.25) is 4.72 Å². The zero-order valence-corrected chi connectivity index (χ0v) is 17.2. The minimum absolute atomic E-state index is 0.0265. The molecule has 9 heteroatoms. The van der Waals surface area contributed by atoms with Crippen LogP contribution in [0, 0.1) is 0 Å². The van der Waals surface area contributed by atoms with E-state index in [1.165, 1.54) is 18.2 Å². The third-order valence-electron chi connectivity index (χ3n) is 3.71. The Labute approximate surface area is 173 Å². The zero-order chi connectivity index (χ0) is 20.1. The van der Waals surface area contributed by atoms with Crippen LogP contribution >= 0.6 is 23.2 Å². The van der Waals surface area contributed by atoms with Gasteiger partial charge in [-0.25, -0.2) is 8.42 Å². The molecule has 1 aromatic heterocycles. The predicted octanol–water partition coefficient (Wildman–Crippen LogP) is 5.04. The molecule has 0 saturated heterocycles. The molecule has 0 atom stereocenters. The summed E-state index contributed by atoms with van der Waals surface area (Å²) >= 11 is 12.0. The smallest absolute Gasteiger partial charge is 0.263 e. The van der Waals surface area contributed by atoms with Crippen LogP contribution in [0.5, 0.6) is 5.88 Å². The highest BCUT2D eigenvalue weighted by Crippen LogP contribution is 2.30. The predicted molar refractivity (Wildman–Crippen MR) is 111 cm³/mol. The molecule has 28 heavy (non-hydrogen) atoms. The number of nitrogens with zero attached hydrogens (tertiary/aromatic N) is 2. The van der Waals surface area contributed by atoms with E-state index in [4.69, 9.17) is 27.9 Å². The van der Waals surface area contributed by atoms with E-state index in [-0.39, 0.29) is 14.9 Å². The van der Waals surface area contributed by atoms with Crippen LogP contribution in [0.1, 0.15) is 13.3 Å². The van der Waals surface area contributed by atoms with Gasteiger partial charge in [-0.15, -0.1) is 10.2 Å². The van der Waals surface area contributed by atoms with Crippen molar-refractivity contribution in [2.24, 2.45) is 0 Å². The molecule has 0 bridgehead atoms. The third kappa shape index (κ3) is 4.73. The normalized spacial score (nSPS) is 11.2. The average molecular weight is 438 g/mol. The van der Waals surface area contributed by atoms with Gasteiger partial charge in [-0.2, -0.15) is 0 Å². The van der Waals surface area contributed by atoms with Crippen LogP contribution < -0.4 is 9.46 Å². The van der Waals surface area contributed by atoms with E-state index in [1.54, 1.807) is 36.4 Å². The van der Waals surface area contributed by atoms with Crippen molar-refractivity contribution in [3.8, 4) is 17.1 Å². The molecule has 0 aliphatic heterocycles. The second-order valence-electron chi connectivity index (χ2n) is 5.84. The van der Waals surface area contributed by atoms with Crippen LogP contribution in [-0.4, -0.2) is 25.2 Å². The Morgan fingerprint density at radius 3 is 2.54 bits per heavy atom. The summed E-state index contributed by atoms with van der Waals surface area (Å²) in [4.78, 5) is -0.0933. The van der Waals surface area contributed by atoms with Crippen LogP contribution in [0.2, 0.25) is 10.0 Å². The summed E-state index contributed by atoms with van der Waals surface area (Å²) in [6, 6.07) is 14.7. The molecule has 6 nitrogen and oxygen atoms in total. The summed E-state index contributed by atoms with van der Waals surface area (Å²) < 4.78 is 33.3. The first kappa shape index (κ1) is 20.4. The van der Waals surface area contributed by atoms with Crippen molar-refractivity contribution >= 4 is 38.9 Å². The Morgan fingerprint density at radius 1 is 1.04 bits per heavy atom. The van der Waals surface area contributed by atoms with Crippen molar-refractivity contribution < 1.29 is 13.2 Å². The van der Waals surface area contributed by atoms with Crippen LogP contribution in [-0.2, 0) is 10.0 Å². The summed E-state index contributed by atoms with van der Waals surface area (Å²) in [6.07, 6.45) is 0.877. The second kappa shape index (κ2) is 8.77. The number of anilines is 1. The SMILES string of the molecule is CCCOc1ccc(-c2cccc(NS(=O)(=O)c3cccc(Cl)c3Cl)c2)nn1. The number of rotatable bonds is 7. The van der Waals surface area contributed by atoms with E-state index in [0.29, 0.717) is 29.4 Å². The van der Waals surface area contributed by atoms with Crippen LogP contribution in [0.3, 0.4) is 0 Å². The molecule has 3 aromatic rings. The number of hydrogen-bond donors (Lipinski definition) is 1. The quantitative estimate of drug-likeness (QED) is 0.559. The molecule has 0 spiro atoms. The van der Waals surface area contributed by atoms with Crippen LogP contribution in [0.15, 0.2) is 59.5 Å². The topological polar surface area (TPSA) is 81.2 Å². The molecule has 0 saturated carbocycles. The van der Waals surface area contributed by atoms with Crippen molar-refractivity contribution in [2.45, 2.75) is 18.2 Å². The minimum atomic E-state index is -3.90. The molecule has 0 fully saturated rings. The lowest BCUT2D eigenvalue weighted by atomic mass is 10.1. The molecule has 146 valence electrons. The molecule has 0 radical (unpaired) electrons. The van der Waals surface area contributed by atoms with Crippen molar-refractivity contribution in [1.82, 2.24) is 10.2 Å². The number of ether oxygens (including phenoxy) is 1. The summed E-state index contributed by atoms with van der Waals surface area (Å²) in [5, 5.41) is 8.29. The molecule has 0 aliphatic rings. The van der Waals surface area contributed by atoms with Gasteiger partial charge in [0.25, 0.3) is 10.0 Å². The van der Waals surface area contributed by atoms with Crippen LogP contribution in [0.4, 0.5) is 5.69 Å². The molecular weight excluding hydrogens is 421 g/mol. The minimum Gasteiger partial charge on any atom is -0.477 e. The first-order valence-corrected chi connectivity index (χ1v) is 10.7. The van der Waals surface area contributed by atoms with Gasteiger partial charge in [0.1, 0.15) is 4.90 Å². The Kier molecular flexibility index (Phi) is 6.39. The summed E-state index contributed by atoms with van der Waals surface area (Å²) in [7, 11) is -3.90. The van der Waals surface area contributed by atoms with Crippen molar-refractivity contribution in [2.75, 3.05) is 11.3 Å².